The number of rotatable bonds is 24. The molecule has 19 heteroatoms. The molecule has 0 radical (unpaired) electrons. The van der Waals surface area contributed by atoms with E-state index in [9.17, 15) is 27.6 Å². The van der Waals surface area contributed by atoms with Crippen LogP contribution in [0.1, 0.15) is 85.9 Å². The van der Waals surface area contributed by atoms with Gasteiger partial charge >= 0.3 is 25.7 Å². The number of isothiocyanates is 1. The number of anilines is 3. The van der Waals surface area contributed by atoms with Gasteiger partial charge in [0.25, 0.3) is 19.4 Å². The molecule has 75 heavy (non-hydrogen) atoms. The van der Waals surface area contributed by atoms with E-state index in [1.54, 1.807) is 79.2 Å². The van der Waals surface area contributed by atoms with Gasteiger partial charge in [0.05, 0.1) is 41.6 Å². The van der Waals surface area contributed by atoms with E-state index in [1.807, 2.05) is 29.2 Å². The number of hydrogen-bond donors (Lipinski definition) is 1. The number of alkyl halides is 3. The summed E-state index contributed by atoms with van der Waals surface area (Å²) in [5.41, 5.74) is 15.5. The van der Waals surface area contributed by atoms with Crippen molar-refractivity contribution in [3.63, 3.8) is 0 Å². The van der Waals surface area contributed by atoms with Crippen LogP contribution < -0.4 is 4.90 Å². The van der Waals surface area contributed by atoms with Gasteiger partial charge in [0.15, 0.2) is 0 Å². The van der Waals surface area contributed by atoms with Gasteiger partial charge in [-0.3, -0.25) is 34.7 Å². The molecule has 4 heterocycles. The van der Waals surface area contributed by atoms with Crippen LogP contribution >= 0.6 is 12.2 Å². The second-order valence-corrected chi connectivity index (χ2v) is 16.0. The maximum atomic E-state index is 12.9. The van der Waals surface area contributed by atoms with Crippen LogP contribution in [-0.4, -0.2) is 56.4 Å². The van der Waals surface area contributed by atoms with Crippen LogP contribution in [-0.2, 0) is 60.9 Å². The van der Waals surface area contributed by atoms with Crippen molar-refractivity contribution in [1.82, 2.24) is 19.9 Å². The van der Waals surface area contributed by atoms with E-state index in [2.05, 4.69) is 84.5 Å². The minimum Gasteiger partial charge on any atom is -0.753 e. The van der Waals surface area contributed by atoms with Crippen LogP contribution in [0, 0.1) is 5.41 Å². The number of benzene rings is 2. The summed E-state index contributed by atoms with van der Waals surface area (Å²) in [6.45, 7) is 5.33. The number of halogens is 3. The first kappa shape index (κ1) is 61.2. The molecule has 0 unspecified atom stereocenters. The molecule has 0 spiro atoms. The molecule has 388 valence electrons. The molecule has 6 rings (SSSR count). The fourth-order valence-electron chi connectivity index (χ4n) is 6.98. The quantitative estimate of drug-likeness (QED) is 0.0114. The first-order valence-corrected chi connectivity index (χ1v) is 23.5. The predicted octanol–water partition coefficient (Wildman–Crippen LogP) is 14.3. The average Bonchev–Trinajstić information content (AvgIpc) is 3.40. The third-order valence-corrected chi connectivity index (χ3v) is 10.5. The summed E-state index contributed by atoms with van der Waals surface area (Å²) >= 11 is 3.70. The Kier molecular flexibility index (Phi) is 27.4. The molecule has 0 saturated heterocycles. The zero-order chi connectivity index (χ0) is 53.6. The van der Waals surface area contributed by atoms with Gasteiger partial charge in [-0.25, -0.2) is 4.98 Å². The molecule has 14 nitrogen and oxygen atoms in total. The molecule has 0 aliphatic heterocycles. The third-order valence-electron chi connectivity index (χ3n) is 10.5. The maximum absolute atomic E-state index is 12.9. The van der Waals surface area contributed by atoms with E-state index >= 15 is 0 Å². The fraction of sp³-hybridized carbons (Fsp3) is 0.196. The molecular weight excluding hydrogens is 1070 g/mol. The number of aryl methyl sites for hydroxylation is 2. The van der Waals surface area contributed by atoms with E-state index in [-0.39, 0.29) is 25.2 Å². The number of allylic oxidation sites excluding steroid dienone is 1. The first-order valence-electron chi connectivity index (χ1n) is 23.1. The largest absolute Gasteiger partial charge is 2.00 e. The number of hydrogen-bond acceptors (Lipinski definition) is 13. The summed E-state index contributed by atoms with van der Waals surface area (Å²) in [6.07, 6.45) is 18.0. The normalized spacial score (nSPS) is 11.0. The molecule has 0 bridgehead atoms. The number of pyridine rings is 4. The van der Waals surface area contributed by atoms with Crippen LogP contribution in [0.2, 0.25) is 0 Å². The number of aromatic nitrogens is 4. The minimum atomic E-state index is -4.81. The Hall–Kier alpha value is -8.11. The van der Waals surface area contributed by atoms with Crippen LogP contribution in [0.25, 0.3) is 57.8 Å². The van der Waals surface area contributed by atoms with Crippen LogP contribution in [0.4, 0.5) is 30.2 Å². The van der Waals surface area contributed by atoms with E-state index in [1.165, 1.54) is 67.0 Å². The maximum Gasteiger partial charge on any atom is 2.00 e. The smallest absolute Gasteiger partial charge is 0.753 e. The summed E-state index contributed by atoms with van der Waals surface area (Å²) in [7, 11) is 0. The zero-order valence-electron chi connectivity index (χ0n) is 40.9. The Morgan fingerprint density at radius 1 is 0.640 bits per heavy atom. The summed E-state index contributed by atoms with van der Waals surface area (Å²) in [4.78, 5) is 50.7. The van der Waals surface area contributed by atoms with Crippen molar-refractivity contribution in [3.8, 4) is 22.8 Å². The Balaban J connectivity index is 0.000000374. The van der Waals surface area contributed by atoms with Crippen molar-refractivity contribution < 1.29 is 61.2 Å². The van der Waals surface area contributed by atoms with Crippen molar-refractivity contribution in [2.24, 2.45) is 0 Å². The Labute approximate surface area is 452 Å². The standard InChI is InChI=1S/C31H36F3N4.C24H17N3O6.CNS.Ru/c1-3-5-7-9-23-11-15-25(16-12-23)38(26-17-13-24(14-18-26)10-8-6-4-2)27-19-20-37-29(21-27)28(35)22-30(36)31(32,33)34;28-15-31-8-3-18-1-6-25-21(11-18)23-13-20(5-10-33-17-30)14-24(27-23)22-12-19(2-7-26-22)4-9-32-16-29;2-1-3;/h11-22,35-36H,3-10H2,1-2H3;1-17H;;/q-1;;-1;+2/b28-22-,36-30?;8-3+,9-4+,10-5+;;. The Morgan fingerprint density at radius 3 is 1.47 bits per heavy atom. The van der Waals surface area contributed by atoms with Crippen molar-refractivity contribution in [1.29, 1.82) is 5.41 Å². The summed E-state index contributed by atoms with van der Waals surface area (Å²) in [5, 5.41) is 15.7. The second kappa shape index (κ2) is 33.6. The van der Waals surface area contributed by atoms with E-state index < -0.39 is 17.6 Å². The van der Waals surface area contributed by atoms with E-state index in [4.69, 9.17) is 16.6 Å². The van der Waals surface area contributed by atoms with E-state index in [0.29, 0.717) is 59.5 Å². The average molecular weight is 1120 g/mol. The molecule has 2 aromatic carbocycles. The monoisotopic (exact) mass is 1120 g/mol. The predicted molar refractivity (Wildman–Crippen MR) is 287 cm³/mol. The molecule has 0 fully saturated rings. The van der Waals surface area contributed by atoms with Gasteiger partial charge in [-0.05, 0) is 151 Å². The molecule has 2 N–H and O–H groups in total. The van der Waals surface area contributed by atoms with Crippen molar-refractivity contribution in [2.45, 2.75) is 71.4 Å². The zero-order valence-corrected chi connectivity index (χ0v) is 43.5. The SMILES string of the molecule is CCCCCc1ccc(N(c2ccc(CCCCC)cc2)c2ccnc(/C([NH-])=C/C(=N)C(F)(F)F)c2)cc1.O=CO/C=C/c1ccnc(-c2cc(/C=C/OC=O)cc(-c3cc(/C=C/OC=O)ccn3)n2)c1.[N-]=C=S.[Ru+2]. The molecule has 0 amide bonds. The molecule has 4 aromatic heterocycles. The number of carbonyl (C=O) groups is 3. The fourth-order valence-corrected chi connectivity index (χ4v) is 6.98. The molecule has 0 saturated carbocycles. The number of thiocarbonyl (C=S) groups is 1. The molecular formula is C56H53F3N8O6RuS. The number of carbonyl (C=O) groups excluding carboxylic acids is 3. The van der Waals surface area contributed by atoms with Crippen LogP contribution in [0.15, 0.2) is 141 Å². The first-order chi connectivity index (χ1) is 35.9. The topological polar surface area (TPSA) is 204 Å². The van der Waals surface area contributed by atoms with Crippen molar-refractivity contribution in [3.05, 3.63) is 185 Å². The third kappa shape index (κ3) is 21.1. The molecule has 0 atom stereocenters. The number of unbranched alkanes of at least 4 members (excludes halogenated alkanes) is 4. The van der Waals surface area contributed by atoms with E-state index in [0.717, 1.165) is 48.2 Å². The van der Waals surface area contributed by atoms with Gasteiger partial charge < -0.3 is 30.3 Å². The van der Waals surface area contributed by atoms with Gasteiger partial charge in [0.2, 0.25) is 0 Å². The van der Waals surface area contributed by atoms with Crippen molar-refractivity contribution >= 4 is 83.5 Å². The molecule has 0 aliphatic carbocycles. The summed E-state index contributed by atoms with van der Waals surface area (Å²) in [5.74, 6) is 0. The number of ether oxygens (including phenoxy) is 3. The van der Waals surface area contributed by atoms with Crippen molar-refractivity contribution in [2.75, 3.05) is 4.90 Å². The van der Waals surface area contributed by atoms with Crippen LogP contribution in [0.5, 0.6) is 0 Å². The summed E-state index contributed by atoms with van der Waals surface area (Å²) in [6, 6.07) is 30.6. The molecule has 6 aromatic rings. The van der Waals surface area contributed by atoms with Gasteiger partial charge in [0.1, 0.15) is 5.71 Å². The minimum absolute atomic E-state index is 0. The van der Waals surface area contributed by atoms with Gasteiger partial charge in [-0.1, -0.05) is 76.0 Å². The Bertz CT molecular complexity index is 2790. The number of nitrogens with zero attached hydrogens (tertiary/aromatic N) is 6. The summed E-state index contributed by atoms with van der Waals surface area (Å²) < 4.78 is 52.4. The Morgan fingerprint density at radius 2 is 1.05 bits per heavy atom. The van der Waals surface area contributed by atoms with Gasteiger partial charge in [-0.2, -0.15) is 18.3 Å². The van der Waals surface area contributed by atoms with Crippen LogP contribution in [0.3, 0.4) is 0 Å². The second-order valence-electron chi connectivity index (χ2n) is 15.8. The number of nitrogens with one attached hydrogen (secondary N) is 2. The van der Waals surface area contributed by atoms with Gasteiger partial charge in [-0.15, -0.1) is 5.70 Å². The molecule has 0 aliphatic rings. The van der Waals surface area contributed by atoms with Gasteiger partial charge in [0, 0.05) is 41.3 Å².